The van der Waals surface area contributed by atoms with Crippen LogP contribution in [0.3, 0.4) is 0 Å². The monoisotopic (exact) mass is 386 g/mol. The number of halogens is 1. The maximum Gasteiger partial charge on any atom is 0.260 e. The number of hydrogen-bond donors (Lipinski definition) is 2. The predicted molar refractivity (Wildman–Crippen MR) is 108 cm³/mol. The fourth-order valence-electron chi connectivity index (χ4n) is 3.50. The summed E-state index contributed by atoms with van der Waals surface area (Å²) >= 11 is 0. The number of nitrogen functional groups attached to an aromatic ring is 2. The van der Waals surface area contributed by atoms with E-state index in [0.717, 1.165) is 18.7 Å². The molecule has 1 saturated heterocycles. The number of benzene rings is 2. The first-order valence-corrected chi connectivity index (χ1v) is 9.40. The minimum absolute atomic E-state index is 0.0472. The highest BCUT2D eigenvalue weighted by Gasteiger charge is 2.32. The zero-order chi connectivity index (χ0) is 20.3. The van der Waals surface area contributed by atoms with Crippen LogP contribution in [0.5, 0.6) is 5.75 Å². The molecule has 2 aromatic carbocycles. The van der Waals surface area contributed by atoms with Gasteiger partial charge in [-0.1, -0.05) is 18.2 Å². The fourth-order valence-corrected chi connectivity index (χ4v) is 3.50. The van der Waals surface area contributed by atoms with Crippen molar-refractivity contribution in [3.05, 3.63) is 53.8 Å². The molecule has 2 atom stereocenters. The van der Waals surface area contributed by atoms with E-state index in [1.807, 2.05) is 11.8 Å². The SMILES string of the molecule is C[C@@H]1CN(C(=O)COc2cccc(N)c2N)[C@@H](C)CN1Cc1ccc(F)cc1. The van der Waals surface area contributed by atoms with Crippen LogP contribution < -0.4 is 16.2 Å². The second-order valence-corrected chi connectivity index (χ2v) is 7.35. The lowest BCUT2D eigenvalue weighted by molar-refractivity contribution is -0.139. The van der Waals surface area contributed by atoms with Crippen LogP contribution in [0, 0.1) is 5.82 Å². The standard InChI is InChI=1S/C21H27FN4O2/c1-14-11-26(20(27)13-28-19-5-3-4-18(23)21(19)24)15(2)10-25(14)12-16-6-8-17(22)9-7-16/h3-9,14-15H,10-13,23-24H2,1-2H3/t14-,15+/m1/s1. The second kappa shape index (κ2) is 8.48. The van der Waals surface area contributed by atoms with Gasteiger partial charge in [-0.25, -0.2) is 4.39 Å². The van der Waals surface area contributed by atoms with Crippen molar-refractivity contribution in [2.75, 3.05) is 31.2 Å². The van der Waals surface area contributed by atoms with Crippen molar-refractivity contribution in [2.45, 2.75) is 32.5 Å². The van der Waals surface area contributed by atoms with Crippen molar-refractivity contribution in [3.63, 3.8) is 0 Å². The maximum absolute atomic E-state index is 13.1. The van der Waals surface area contributed by atoms with Gasteiger partial charge in [0.1, 0.15) is 11.6 Å². The lowest BCUT2D eigenvalue weighted by Crippen LogP contribution is -2.58. The molecule has 4 N–H and O–H groups in total. The third kappa shape index (κ3) is 4.54. The van der Waals surface area contributed by atoms with Gasteiger partial charge in [0, 0.05) is 31.7 Å². The highest BCUT2D eigenvalue weighted by atomic mass is 19.1. The molecule has 1 fully saturated rings. The first kappa shape index (κ1) is 19.9. The number of nitrogens with zero attached hydrogens (tertiary/aromatic N) is 2. The molecule has 1 amide bonds. The average molecular weight is 386 g/mol. The maximum atomic E-state index is 13.1. The Morgan fingerprint density at radius 1 is 1.11 bits per heavy atom. The average Bonchev–Trinajstić information content (AvgIpc) is 2.67. The first-order valence-electron chi connectivity index (χ1n) is 9.40. The summed E-state index contributed by atoms with van der Waals surface area (Å²) in [5.41, 5.74) is 13.5. The van der Waals surface area contributed by atoms with Crippen LogP contribution in [0.1, 0.15) is 19.4 Å². The van der Waals surface area contributed by atoms with Gasteiger partial charge in [-0.2, -0.15) is 0 Å². The third-order valence-electron chi connectivity index (χ3n) is 5.19. The third-order valence-corrected chi connectivity index (χ3v) is 5.19. The van der Waals surface area contributed by atoms with Crippen molar-refractivity contribution >= 4 is 17.3 Å². The zero-order valence-corrected chi connectivity index (χ0v) is 16.3. The highest BCUT2D eigenvalue weighted by molar-refractivity contribution is 5.79. The highest BCUT2D eigenvalue weighted by Crippen LogP contribution is 2.27. The van der Waals surface area contributed by atoms with E-state index < -0.39 is 0 Å². The topological polar surface area (TPSA) is 84.8 Å². The van der Waals surface area contributed by atoms with E-state index in [9.17, 15) is 9.18 Å². The van der Waals surface area contributed by atoms with E-state index in [4.69, 9.17) is 16.2 Å². The van der Waals surface area contributed by atoms with E-state index in [-0.39, 0.29) is 30.4 Å². The Hall–Kier alpha value is -2.80. The Labute approximate surface area is 164 Å². The quantitative estimate of drug-likeness (QED) is 0.772. The van der Waals surface area contributed by atoms with Crippen molar-refractivity contribution < 1.29 is 13.9 Å². The summed E-state index contributed by atoms with van der Waals surface area (Å²) in [4.78, 5) is 16.8. The summed E-state index contributed by atoms with van der Waals surface area (Å²) < 4.78 is 18.7. The van der Waals surface area contributed by atoms with Crippen LogP contribution >= 0.6 is 0 Å². The van der Waals surface area contributed by atoms with E-state index in [2.05, 4.69) is 11.8 Å². The minimum Gasteiger partial charge on any atom is -0.482 e. The molecular formula is C21H27FN4O2. The first-order chi connectivity index (χ1) is 13.3. The van der Waals surface area contributed by atoms with Gasteiger partial charge in [-0.05, 0) is 43.7 Å². The molecule has 28 heavy (non-hydrogen) atoms. The van der Waals surface area contributed by atoms with Gasteiger partial charge in [-0.15, -0.1) is 0 Å². The Bertz CT molecular complexity index is 828. The van der Waals surface area contributed by atoms with Gasteiger partial charge in [0.2, 0.25) is 0 Å². The number of hydrogen-bond acceptors (Lipinski definition) is 5. The van der Waals surface area contributed by atoms with Gasteiger partial charge in [0.15, 0.2) is 6.61 Å². The van der Waals surface area contributed by atoms with Crippen molar-refractivity contribution in [3.8, 4) is 5.75 Å². The molecule has 0 aliphatic carbocycles. The summed E-state index contributed by atoms with van der Waals surface area (Å²) in [6, 6.07) is 11.9. The van der Waals surface area contributed by atoms with Gasteiger partial charge in [0.05, 0.1) is 11.4 Å². The number of ether oxygens (including phenoxy) is 1. The lowest BCUT2D eigenvalue weighted by Gasteiger charge is -2.44. The van der Waals surface area contributed by atoms with Crippen LogP contribution in [0.4, 0.5) is 15.8 Å². The van der Waals surface area contributed by atoms with Crippen molar-refractivity contribution in [2.24, 2.45) is 0 Å². The molecule has 7 heteroatoms. The number of anilines is 2. The van der Waals surface area contributed by atoms with Crippen molar-refractivity contribution in [1.29, 1.82) is 0 Å². The van der Waals surface area contributed by atoms with E-state index >= 15 is 0 Å². The van der Waals surface area contributed by atoms with Crippen LogP contribution in [0.15, 0.2) is 42.5 Å². The van der Waals surface area contributed by atoms with E-state index in [1.54, 1.807) is 30.3 Å². The molecule has 1 heterocycles. The number of piperazine rings is 1. The van der Waals surface area contributed by atoms with Gasteiger partial charge in [-0.3, -0.25) is 9.69 Å². The number of carbonyl (C=O) groups is 1. The zero-order valence-electron chi connectivity index (χ0n) is 16.3. The molecule has 0 aromatic heterocycles. The van der Waals surface area contributed by atoms with Crippen LogP contribution in [0.25, 0.3) is 0 Å². The van der Waals surface area contributed by atoms with Crippen molar-refractivity contribution in [1.82, 2.24) is 9.80 Å². The number of rotatable bonds is 5. The van der Waals surface area contributed by atoms with Crippen LogP contribution in [0.2, 0.25) is 0 Å². The Balaban J connectivity index is 1.57. The summed E-state index contributed by atoms with van der Waals surface area (Å²) in [5.74, 6) is 0.105. The summed E-state index contributed by atoms with van der Waals surface area (Å²) in [7, 11) is 0. The van der Waals surface area contributed by atoms with E-state index in [1.165, 1.54) is 12.1 Å². The molecular weight excluding hydrogens is 359 g/mol. The Morgan fingerprint density at radius 2 is 1.82 bits per heavy atom. The number of amides is 1. The predicted octanol–water partition coefficient (Wildman–Crippen LogP) is 2.49. The Morgan fingerprint density at radius 3 is 2.54 bits per heavy atom. The molecule has 150 valence electrons. The number of nitrogens with two attached hydrogens (primary N) is 2. The smallest absolute Gasteiger partial charge is 0.260 e. The van der Waals surface area contributed by atoms with E-state index in [0.29, 0.717) is 23.7 Å². The largest absolute Gasteiger partial charge is 0.482 e. The lowest BCUT2D eigenvalue weighted by atomic mass is 10.1. The van der Waals surface area contributed by atoms with Gasteiger partial charge >= 0.3 is 0 Å². The van der Waals surface area contributed by atoms with Gasteiger partial charge < -0.3 is 21.1 Å². The van der Waals surface area contributed by atoms with Gasteiger partial charge in [0.25, 0.3) is 5.91 Å². The fraction of sp³-hybridized carbons (Fsp3) is 0.381. The van der Waals surface area contributed by atoms with Crippen LogP contribution in [-0.2, 0) is 11.3 Å². The summed E-state index contributed by atoms with van der Waals surface area (Å²) in [6.07, 6.45) is 0. The molecule has 0 radical (unpaired) electrons. The van der Waals surface area contributed by atoms with Crippen LogP contribution in [-0.4, -0.2) is 47.5 Å². The molecule has 2 aromatic rings. The minimum atomic E-state index is -0.235. The molecule has 3 rings (SSSR count). The molecule has 0 bridgehead atoms. The second-order valence-electron chi connectivity index (χ2n) is 7.35. The molecule has 0 spiro atoms. The molecule has 6 nitrogen and oxygen atoms in total. The normalized spacial score (nSPS) is 20.2. The Kier molecular flexibility index (Phi) is 6.04. The number of carbonyl (C=O) groups excluding carboxylic acids is 1. The molecule has 1 aliphatic heterocycles. The summed E-state index contributed by atoms with van der Waals surface area (Å²) in [6.45, 7) is 6.11. The molecule has 0 unspecified atom stereocenters. The summed E-state index contributed by atoms with van der Waals surface area (Å²) in [5, 5.41) is 0. The molecule has 0 saturated carbocycles. The molecule has 1 aliphatic rings. The number of para-hydroxylation sites is 1.